The zero-order valence-electron chi connectivity index (χ0n) is 12.6. The van der Waals surface area contributed by atoms with Gasteiger partial charge in [-0.3, -0.25) is 4.79 Å². The van der Waals surface area contributed by atoms with Crippen LogP contribution in [0.4, 0.5) is 11.4 Å². The van der Waals surface area contributed by atoms with E-state index in [1.54, 1.807) is 0 Å². The molecule has 0 saturated carbocycles. The summed E-state index contributed by atoms with van der Waals surface area (Å²) in [5.41, 5.74) is 2.91. The zero-order valence-corrected chi connectivity index (χ0v) is 12.6. The molecule has 3 nitrogen and oxygen atoms in total. The third kappa shape index (κ3) is 2.46. The molecular weight excluding hydrogens is 236 g/mol. The highest BCUT2D eigenvalue weighted by Crippen LogP contribution is 2.36. The average Bonchev–Trinajstić information content (AvgIpc) is 2.46. The molecule has 0 saturated heterocycles. The number of rotatable bonds is 2. The van der Waals surface area contributed by atoms with Gasteiger partial charge < -0.3 is 10.2 Å². The highest BCUT2D eigenvalue weighted by atomic mass is 16.2. The van der Waals surface area contributed by atoms with Gasteiger partial charge in [0.2, 0.25) is 5.91 Å². The van der Waals surface area contributed by atoms with E-state index in [-0.39, 0.29) is 17.4 Å². The van der Waals surface area contributed by atoms with Crippen molar-refractivity contribution in [3.8, 4) is 0 Å². The molecule has 1 aliphatic heterocycles. The molecule has 0 fully saturated rings. The molecule has 1 N–H and O–H groups in total. The monoisotopic (exact) mass is 260 g/mol. The Labute approximate surface area is 116 Å². The molecule has 2 rings (SSSR count). The lowest BCUT2D eigenvalue weighted by Gasteiger charge is -2.33. The number of carbonyl (C=O) groups is 1. The summed E-state index contributed by atoms with van der Waals surface area (Å²) in [6.45, 7) is 11.0. The van der Waals surface area contributed by atoms with Gasteiger partial charge >= 0.3 is 0 Å². The molecule has 1 aromatic carbocycles. The lowest BCUT2D eigenvalue weighted by molar-refractivity contribution is -0.126. The van der Waals surface area contributed by atoms with Crippen LogP contribution in [0.25, 0.3) is 0 Å². The fourth-order valence-electron chi connectivity index (χ4n) is 2.45. The molecule has 1 aliphatic rings. The number of nitrogens with one attached hydrogen (secondary N) is 1. The van der Waals surface area contributed by atoms with E-state index in [1.807, 2.05) is 18.7 Å². The molecule has 0 spiro atoms. The molecule has 1 amide bonds. The molecule has 1 unspecified atom stereocenters. The fourth-order valence-corrected chi connectivity index (χ4v) is 2.45. The van der Waals surface area contributed by atoms with Gasteiger partial charge in [-0.05, 0) is 51.8 Å². The summed E-state index contributed by atoms with van der Waals surface area (Å²) < 4.78 is 0. The normalized spacial score (nSPS) is 19.4. The van der Waals surface area contributed by atoms with E-state index in [0.717, 1.165) is 17.8 Å². The van der Waals surface area contributed by atoms with Crippen LogP contribution in [0, 0.1) is 12.3 Å². The summed E-state index contributed by atoms with van der Waals surface area (Å²) in [7, 11) is 0. The van der Waals surface area contributed by atoms with Crippen LogP contribution in [0.15, 0.2) is 18.2 Å². The van der Waals surface area contributed by atoms with Gasteiger partial charge in [0.1, 0.15) is 0 Å². The summed E-state index contributed by atoms with van der Waals surface area (Å²) in [5, 5.41) is 3.43. The molecule has 0 aromatic heterocycles. The number of carbonyl (C=O) groups excluding carboxylic acids is 1. The maximum absolute atomic E-state index is 12.8. The van der Waals surface area contributed by atoms with Crippen molar-refractivity contribution >= 4 is 17.3 Å². The summed E-state index contributed by atoms with van der Waals surface area (Å²) in [4.78, 5) is 14.8. The molecular formula is C16H24N2O. The largest absolute Gasteiger partial charge is 0.382 e. The zero-order chi connectivity index (χ0) is 14.2. The van der Waals surface area contributed by atoms with Gasteiger partial charge in [0.15, 0.2) is 0 Å². The molecule has 0 bridgehead atoms. The number of hydrogen-bond acceptors (Lipinski definition) is 2. The van der Waals surface area contributed by atoms with Gasteiger partial charge in [-0.1, -0.05) is 13.0 Å². The SMILES string of the molecule is CCC(C)N1C(=O)C(C)(C)CNc2cc(C)ccc21. The summed E-state index contributed by atoms with van der Waals surface area (Å²) in [6, 6.07) is 6.47. The van der Waals surface area contributed by atoms with Crippen molar-refractivity contribution in [1.29, 1.82) is 0 Å². The Hall–Kier alpha value is -1.51. The third-order valence-electron chi connectivity index (χ3n) is 3.96. The minimum atomic E-state index is -0.379. The van der Waals surface area contributed by atoms with Crippen LogP contribution in [-0.2, 0) is 4.79 Å². The van der Waals surface area contributed by atoms with E-state index < -0.39 is 0 Å². The molecule has 19 heavy (non-hydrogen) atoms. The lowest BCUT2D eigenvalue weighted by atomic mass is 9.91. The van der Waals surface area contributed by atoms with Gasteiger partial charge in [-0.2, -0.15) is 0 Å². The molecule has 0 aliphatic carbocycles. The molecule has 1 aromatic rings. The van der Waals surface area contributed by atoms with Crippen LogP contribution in [0.5, 0.6) is 0 Å². The number of aryl methyl sites for hydroxylation is 1. The highest BCUT2D eigenvalue weighted by Gasteiger charge is 2.38. The Morgan fingerprint density at radius 1 is 1.42 bits per heavy atom. The van der Waals surface area contributed by atoms with Crippen molar-refractivity contribution in [2.45, 2.75) is 47.1 Å². The van der Waals surface area contributed by atoms with Crippen LogP contribution in [-0.4, -0.2) is 18.5 Å². The van der Waals surface area contributed by atoms with E-state index in [1.165, 1.54) is 5.56 Å². The Bertz CT molecular complexity index is 494. The number of amides is 1. The second-order valence-corrected chi connectivity index (χ2v) is 6.19. The number of anilines is 2. The molecule has 0 radical (unpaired) electrons. The molecule has 1 heterocycles. The van der Waals surface area contributed by atoms with Crippen LogP contribution in [0.3, 0.4) is 0 Å². The van der Waals surface area contributed by atoms with Gasteiger partial charge in [0, 0.05) is 12.6 Å². The predicted molar refractivity (Wildman–Crippen MR) is 80.7 cm³/mol. The van der Waals surface area contributed by atoms with Crippen LogP contribution < -0.4 is 10.2 Å². The molecule has 104 valence electrons. The van der Waals surface area contributed by atoms with Crippen molar-refractivity contribution in [3.05, 3.63) is 23.8 Å². The van der Waals surface area contributed by atoms with Crippen molar-refractivity contribution in [2.75, 3.05) is 16.8 Å². The number of fused-ring (bicyclic) bond motifs is 1. The Morgan fingerprint density at radius 2 is 2.11 bits per heavy atom. The van der Waals surface area contributed by atoms with Crippen LogP contribution in [0.2, 0.25) is 0 Å². The van der Waals surface area contributed by atoms with Crippen molar-refractivity contribution in [3.63, 3.8) is 0 Å². The summed E-state index contributed by atoms with van der Waals surface area (Å²) in [6.07, 6.45) is 0.954. The minimum absolute atomic E-state index is 0.206. The number of nitrogens with zero attached hydrogens (tertiary/aromatic N) is 1. The first kappa shape index (κ1) is 13.9. The maximum atomic E-state index is 12.8. The maximum Gasteiger partial charge on any atom is 0.234 e. The first-order valence-electron chi connectivity index (χ1n) is 7.05. The van der Waals surface area contributed by atoms with E-state index in [9.17, 15) is 4.79 Å². The van der Waals surface area contributed by atoms with Crippen molar-refractivity contribution in [2.24, 2.45) is 5.41 Å². The van der Waals surface area contributed by atoms with Crippen LogP contribution in [0.1, 0.15) is 39.7 Å². The predicted octanol–water partition coefficient (Wildman–Crippen LogP) is 3.58. The first-order chi connectivity index (χ1) is 8.86. The van der Waals surface area contributed by atoms with E-state index in [0.29, 0.717) is 6.54 Å². The van der Waals surface area contributed by atoms with Crippen molar-refractivity contribution in [1.82, 2.24) is 0 Å². The van der Waals surface area contributed by atoms with Crippen molar-refractivity contribution < 1.29 is 4.79 Å². The van der Waals surface area contributed by atoms with Gasteiger partial charge in [0.05, 0.1) is 16.8 Å². The first-order valence-corrected chi connectivity index (χ1v) is 7.05. The summed E-state index contributed by atoms with van der Waals surface area (Å²) >= 11 is 0. The number of hydrogen-bond donors (Lipinski definition) is 1. The Kier molecular flexibility index (Phi) is 3.57. The molecule has 1 atom stereocenters. The summed E-state index contributed by atoms with van der Waals surface area (Å²) in [5.74, 6) is 0.206. The Morgan fingerprint density at radius 3 is 2.74 bits per heavy atom. The third-order valence-corrected chi connectivity index (χ3v) is 3.96. The Balaban J connectivity index is 2.55. The lowest BCUT2D eigenvalue weighted by Crippen LogP contribution is -2.46. The van der Waals surface area contributed by atoms with Gasteiger partial charge in [-0.25, -0.2) is 0 Å². The average molecular weight is 260 g/mol. The second kappa shape index (κ2) is 4.87. The van der Waals surface area contributed by atoms with Crippen LogP contribution >= 0.6 is 0 Å². The second-order valence-electron chi connectivity index (χ2n) is 6.19. The highest BCUT2D eigenvalue weighted by molar-refractivity contribution is 6.02. The fraction of sp³-hybridized carbons (Fsp3) is 0.562. The topological polar surface area (TPSA) is 32.3 Å². The molecule has 3 heteroatoms. The smallest absolute Gasteiger partial charge is 0.234 e. The standard InChI is InChI=1S/C16H24N2O/c1-6-12(3)18-14-8-7-11(2)9-13(14)17-10-16(4,5)15(18)19/h7-9,12,17H,6,10H2,1-5H3. The van der Waals surface area contributed by atoms with Gasteiger partial charge in [-0.15, -0.1) is 0 Å². The van der Waals surface area contributed by atoms with E-state index >= 15 is 0 Å². The van der Waals surface area contributed by atoms with E-state index in [4.69, 9.17) is 0 Å². The van der Waals surface area contributed by atoms with Gasteiger partial charge in [0.25, 0.3) is 0 Å². The quantitative estimate of drug-likeness (QED) is 0.881. The minimum Gasteiger partial charge on any atom is -0.382 e. The number of benzene rings is 1. The van der Waals surface area contributed by atoms with E-state index in [2.05, 4.69) is 44.3 Å².